The van der Waals surface area contributed by atoms with Crippen molar-refractivity contribution in [3.63, 3.8) is 0 Å². The Labute approximate surface area is 184 Å². The molecule has 0 saturated heterocycles. The number of carbonyl (C=O) groups is 5. The zero-order valence-corrected chi connectivity index (χ0v) is 18.0. The zero-order chi connectivity index (χ0) is 24.3. The number of aromatic nitrogens is 2. The van der Waals surface area contributed by atoms with Gasteiger partial charge in [-0.2, -0.15) is 0 Å². The number of nitrogens with two attached hydrogens (primary N) is 1. The molecule has 0 spiro atoms. The maximum absolute atomic E-state index is 12.7. The Morgan fingerprint density at radius 2 is 1.81 bits per heavy atom. The molecule has 1 aromatic rings. The molecule has 0 aliphatic carbocycles. The smallest absolute Gasteiger partial charge is 0.326 e. The molecule has 0 saturated carbocycles. The van der Waals surface area contributed by atoms with Crippen LogP contribution in [0, 0.1) is 5.92 Å². The predicted octanol–water partition coefficient (Wildman–Crippen LogP) is -1.64. The van der Waals surface area contributed by atoms with E-state index in [9.17, 15) is 29.1 Å². The maximum atomic E-state index is 12.7. The predicted molar refractivity (Wildman–Crippen MR) is 111 cm³/mol. The van der Waals surface area contributed by atoms with E-state index in [1.165, 1.54) is 12.5 Å². The monoisotopic (exact) mass is 454 g/mol. The molecule has 1 heterocycles. The highest BCUT2D eigenvalue weighted by molar-refractivity contribution is 5.92. The Balaban J connectivity index is 2.79. The van der Waals surface area contributed by atoms with E-state index >= 15 is 0 Å². The first-order valence-electron chi connectivity index (χ1n) is 10.1. The number of amides is 3. The van der Waals surface area contributed by atoms with Crippen LogP contribution in [0.4, 0.5) is 0 Å². The Kier molecular flexibility index (Phi) is 10.8. The van der Waals surface area contributed by atoms with Gasteiger partial charge in [0.1, 0.15) is 12.1 Å². The molecule has 0 bridgehead atoms. The minimum Gasteiger partial charge on any atom is -0.481 e. The SMILES string of the molecule is CCC(C)C(N)C(=O)NCC(=O)NC(Cc1cnc[nH]1)C(=O)NC(CCC(=O)O)C(=O)O. The van der Waals surface area contributed by atoms with Crippen molar-refractivity contribution in [2.75, 3.05) is 6.54 Å². The highest BCUT2D eigenvalue weighted by Crippen LogP contribution is 2.05. The third kappa shape index (κ3) is 9.12. The summed E-state index contributed by atoms with van der Waals surface area (Å²) in [5.74, 6) is -4.73. The van der Waals surface area contributed by atoms with Crippen molar-refractivity contribution in [1.29, 1.82) is 0 Å². The molecule has 3 amide bonds. The van der Waals surface area contributed by atoms with Crippen molar-refractivity contribution in [2.24, 2.45) is 11.7 Å². The second-order valence-corrected chi connectivity index (χ2v) is 7.36. The first-order valence-corrected chi connectivity index (χ1v) is 10.1. The summed E-state index contributed by atoms with van der Waals surface area (Å²) in [6, 6.07) is -3.44. The van der Waals surface area contributed by atoms with Crippen LogP contribution in [0.2, 0.25) is 0 Å². The van der Waals surface area contributed by atoms with Gasteiger partial charge in [-0.05, 0) is 12.3 Å². The van der Waals surface area contributed by atoms with Crippen molar-refractivity contribution in [1.82, 2.24) is 25.9 Å². The van der Waals surface area contributed by atoms with Gasteiger partial charge < -0.3 is 36.9 Å². The number of carbonyl (C=O) groups excluding carboxylic acids is 3. The van der Waals surface area contributed by atoms with E-state index in [0.29, 0.717) is 12.1 Å². The number of aliphatic carboxylic acids is 2. The summed E-state index contributed by atoms with van der Waals surface area (Å²) < 4.78 is 0. The largest absolute Gasteiger partial charge is 0.481 e. The van der Waals surface area contributed by atoms with E-state index in [1.807, 2.05) is 6.92 Å². The molecule has 178 valence electrons. The van der Waals surface area contributed by atoms with Crippen LogP contribution < -0.4 is 21.7 Å². The number of rotatable bonds is 14. The topological polar surface area (TPSA) is 217 Å². The van der Waals surface area contributed by atoms with Crippen LogP contribution in [0.1, 0.15) is 38.8 Å². The molecule has 0 radical (unpaired) electrons. The summed E-state index contributed by atoms with van der Waals surface area (Å²) in [5.41, 5.74) is 6.31. The fraction of sp³-hybridized carbons (Fsp3) is 0.579. The lowest BCUT2D eigenvalue weighted by Gasteiger charge is -2.21. The third-order valence-corrected chi connectivity index (χ3v) is 4.87. The Bertz CT molecular complexity index is 798. The quantitative estimate of drug-likeness (QED) is 0.171. The maximum Gasteiger partial charge on any atom is 0.326 e. The molecular formula is C19H30N6O7. The van der Waals surface area contributed by atoms with Crippen molar-refractivity contribution in [3.8, 4) is 0 Å². The zero-order valence-electron chi connectivity index (χ0n) is 18.0. The van der Waals surface area contributed by atoms with Crippen LogP contribution in [0.15, 0.2) is 12.5 Å². The van der Waals surface area contributed by atoms with Gasteiger partial charge in [0.15, 0.2) is 0 Å². The number of aromatic amines is 1. The Hall–Kier alpha value is -3.48. The number of imidazole rings is 1. The molecule has 1 rings (SSSR count). The average Bonchev–Trinajstić information content (AvgIpc) is 3.25. The molecule has 4 unspecified atom stereocenters. The van der Waals surface area contributed by atoms with Crippen LogP contribution in [-0.4, -0.2) is 74.5 Å². The second kappa shape index (κ2) is 13.0. The van der Waals surface area contributed by atoms with Gasteiger partial charge in [0.2, 0.25) is 17.7 Å². The summed E-state index contributed by atoms with van der Waals surface area (Å²) in [5, 5.41) is 25.1. The summed E-state index contributed by atoms with van der Waals surface area (Å²) in [7, 11) is 0. The standard InChI is InChI=1S/C19H30N6O7/c1-3-10(2)16(20)18(30)22-8-14(26)24-13(6-11-7-21-9-23-11)17(29)25-12(19(31)32)4-5-15(27)28/h7,9-10,12-13,16H,3-6,8,20H2,1-2H3,(H,21,23)(H,22,30)(H,24,26)(H,25,29)(H,27,28)(H,31,32). The number of H-pyrrole nitrogens is 1. The molecule has 13 nitrogen and oxygen atoms in total. The minimum absolute atomic E-state index is 0.0385. The lowest BCUT2D eigenvalue weighted by atomic mass is 9.99. The van der Waals surface area contributed by atoms with Crippen molar-refractivity contribution in [2.45, 2.75) is 57.7 Å². The fourth-order valence-electron chi connectivity index (χ4n) is 2.67. The first kappa shape index (κ1) is 26.6. The Morgan fingerprint density at radius 3 is 2.34 bits per heavy atom. The molecular weight excluding hydrogens is 424 g/mol. The van der Waals surface area contributed by atoms with Gasteiger partial charge in [0, 0.05) is 24.7 Å². The van der Waals surface area contributed by atoms with E-state index in [-0.39, 0.29) is 18.8 Å². The van der Waals surface area contributed by atoms with Crippen LogP contribution in [-0.2, 0) is 30.4 Å². The van der Waals surface area contributed by atoms with Crippen LogP contribution in [0.5, 0.6) is 0 Å². The molecule has 0 aliphatic rings. The summed E-state index contributed by atoms with van der Waals surface area (Å²) in [4.78, 5) is 65.7. The van der Waals surface area contributed by atoms with E-state index in [0.717, 1.165) is 0 Å². The number of hydrogen-bond donors (Lipinski definition) is 7. The molecule has 0 fully saturated rings. The number of nitrogens with zero attached hydrogens (tertiary/aromatic N) is 1. The van der Waals surface area contributed by atoms with Crippen molar-refractivity contribution >= 4 is 29.7 Å². The summed E-state index contributed by atoms with van der Waals surface area (Å²) in [6.45, 7) is 3.25. The third-order valence-electron chi connectivity index (χ3n) is 4.87. The molecule has 13 heteroatoms. The van der Waals surface area contributed by atoms with E-state index in [2.05, 4.69) is 25.9 Å². The van der Waals surface area contributed by atoms with Crippen molar-refractivity contribution < 1.29 is 34.2 Å². The van der Waals surface area contributed by atoms with Gasteiger partial charge >= 0.3 is 11.9 Å². The lowest BCUT2D eigenvalue weighted by Crippen LogP contribution is -2.54. The van der Waals surface area contributed by atoms with Gasteiger partial charge in [-0.25, -0.2) is 9.78 Å². The van der Waals surface area contributed by atoms with Gasteiger partial charge in [-0.15, -0.1) is 0 Å². The second-order valence-electron chi connectivity index (χ2n) is 7.36. The van der Waals surface area contributed by atoms with Gasteiger partial charge in [-0.3, -0.25) is 19.2 Å². The van der Waals surface area contributed by atoms with Crippen LogP contribution in [0.3, 0.4) is 0 Å². The summed E-state index contributed by atoms with van der Waals surface area (Å²) in [6.07, 6.45) is 2.65. The number of hydrogen-bond acceptors (Lipinski definition) is 7. The number of carboxylic acids is 2. The van der Waals surface area contributed by atoms with Gasteiger partial charge in [0.05, 0.1) is 18.9 Å². The normalized spacial score (nSPS) is 14.5. The highest BCUT2D eigenvalue weighted by atomic mass is 16.4. The fourth-order valence-corrected chi connectivity index (χ4v) is 2.67. The number of carboxylic acid groups (broad SMARTS) is 2. The molecule has 0 aromatic carbocycles. The summed E-state index contributed by atoms with van der Waals surface area (Å²) >= 11 is 0. The molecule has 1 aromatic heterocycles. The average molecular weight is 454 g/mol. The van der Waals surface area contributed by atoms with E-state index in [4.69, 9.17) is 10.8 Å². The lowest BCUT2D eigenvalue weighted by molar-refractivity contribution is -0.143. The highest BCUT2D eigenvalue weighted by Gasteiger charge is 2.28. The van der Waals surface area contributed by atoms with E-state index in [1.54, 1.807) is 6.92 Å². The number of nitrogens with one attached hydrogen (secondary N) is 4. The van der Waals surface area contributed by atoms with Gasteiger partial charge in [0.25, 0.3) is 0 Å². The molecule has 0 aliphatic heterocycles. The Morgan fingerprint density at radius 1 is 1.12 bits per heavy atom. The first-order chi connectivity index (χ1) is 15.0. The molecule has 32 heavy (non-hydrogen) atoms. The van der Waals surface area contributed by atoms with Gasteiger partial charge in [-0.1, -0.05) is 20.3 Å². The van der Waals surface area contributed by atoms with E-state index < -0.39 is 60.8 Å². The van der Waals surface area contributed by atoms with Crippen LogP contribution in [0.25, 0.3) is 0 Å². The molecule has 8 N–H and O–H groups in total. The van der Waals surface area contributed by atoms with Crippen LogP contribution >= 0.6 is 0 Å². The molecule has 4 atom stereocenters. The minimum atomic E-state index is -1.45. The van der Waals surface area contributed by atoms with Crippen molar-refractivity contribution in [3.05, 3.63) is 18.2 Å².